The second-order valence-corrected chi connectivity index (χ2v) is 11.2. The molecule has 0 amide bonds. The third kappa shape index (κ3) is 7.11. The van der Waals surface area contributed by atoms with Gasteiger partial charge in [-0.05, 0) is 99.8 Å². The number of rotatable bonds is 7. The highest BCUT2D eigenvalue weighted by Gasteiger charge is 2.26. The topological polar surface area (TPSA) is 86.2 Å². The Hall–Kier alpha value is -2.45. The summed E-state index contributed by atoms with van der Waals surface area (Å²) in [6.45, 7) is 5.03. The van der Waals surface area contributed by atoms with Gasteiger partial charge in [0.05, 0.1) is 6.10 Å². The smallest absolute Gasteiger partial charge is 0.229 e. The molecular formula is C28H34Cl2N6O. The minimum Gasteiger partial charge on any atom is -0.393 e. The maximum Gasteiger partial charge on any atom is 0.229 e. The van der Waals surface area contributed by atoms with Gasteiger partial charge in [0.25, 0.3) is 0 Å². The normalized spacial score (nSPS) is 21.1. The Labute approximate surface area is 228 Å². The number of halogens is 2. The van der Waals surface area contributed by atoms with E-state index >= 15 is 0 Å². The standard InChI is InChI=1S/C28H34Cl2N6O/c1-18-12-19(14-21(29)13-18)17-36-10-7-20(8-11-36)25-16-32-28(34-23-6-9-31-26(30)15-23)35-27(25)33-22-2-4-24(37)5-3-22/h6,9,12-16,20,22,24,37H,2-5,7-8,10-11,17H2,1H3,(H2,31,32,33,34,35). The summed E-state index contributed by atoms with van der Waals surface area (Å²) in [6.07, 6.45) is 9.05. The summed E-state index contributed by atoms with van der Waals surface area (Å²) < 4.78 is 0. The Morgan fingerprint density at radius 2 is 1.78 bits per heavy atom. The number of pyridine rings is 1. The number of aliphatic hydroxyl groups excluding tert-OH is 1. The zero-order valence-corrected chi connectivity index (χ0v) is 22.6. The van der Waals surface area contributed by atoms with Gasteiger partial charge in [0, 0.05) is 41.3 Å². The van der Waals surface area contributed by atoms with Crippen LogP contribution in [0, 0.1) is 6.92 Å². The minimum atomic E-state index is -0.191. The first kappa shape index (κ1) is 26.2. The van der Waals surface area contributed by atoms with Gasteiger partial charge in [0.1, 0.15) is 11.0 Å². The lowest BCUT2D eigenvalue weighted by molar-refractivity contribution is 0.126. The molecule has 0 spiro atoms. The third-order valence-electron chi connectivity index (χ3n) is 7.37. The van der Waals surface area contributed by atoms with Crippen LogP contribution in [0.3, 0.4) is 0 Å². The van der Waals surface area contributed by atoms with Crippen molar-refractivity contribution < 1.29 is 5.11 Å². The van der Waals surface area contributed by atoms with Crippen LogP contribution in [-0.4, -0.2) is 50.2 Å². The third-order valence-corrected chi connectivity index (χ3v) is 7.80. The van der Waals surface area contributed by atoms with E-state index in [0.29, 0.717) is 23.1 Å². The average molecular weight is 542 g/mol. The van der Waals surface area contributed by atoms with Crippen LogP contribution in [-0.2, 0) is 6.54 Å². The van der Waals surface area contributed by atoms with Crippen molar-refractivity contribution in [2.75, 3.05) is 23.7 Å². The van der Waals surface area contributed by atoms with E-state index in [1.165, 1.54) is 16.7 Å². The molecule has 2 aromatic heterocycles. The van der Waals surface area contributed by atoms with E-state index in [1.54, 1.807) is 12.3 Å². The van der Waals surface area contributed by atoms with Crippen molar-refractivity contribution in [3.8, 4) is 0 Å². The molecule has 1 aromatic carbocycles. The predicted octanol–water partition coefficient (Wildman–Crippen LogP) is 6.33. The van der Waals surface area contributed by atoms with Crippen molar-refractivity contribution in [2.24, 2.45) is 0 Å². The van der Waals surface area contributed by atoms with E-state index < -0.39 is 0 Å². The molecule has 5 rings (SSSR count). The molecular weight excluding hydrogens is 507 g/mol. The average Bonchev–Trinajstić information content (AvgIpc) is 2.86. The fraction of sp³-hybridized carbons (Fsp3) is 0.464. The Bertz CT molecular complexity index is 1190. The highest BCUT2D eigenvalue weighted by Crippen LogP contribution is 2.34. The highest BCUT2D eigenvalue weighted by molar-refractivity contribution is 6.30. The first-order valence-corrected chi connectivity index (χ1v) is 13.9. The maximum atomic E-state index is 9.95. The molecule has 0 bridgehead atoms. The number of piperidine rings is 1. The van der Waals surface area contributed by atoms with Gasteiger partial charge in [-0.2, -0.15) is 4.98 Å². The molecule has 196 valence electrons. The highest BCUT2D eigenvalue weighted by atomic mass is 35.5. The number of hydrogen-bond donors (Lipinski definition) is 3. The summed E-state index contributed by atoms with van der Waals surface area (Å²) in [5.41, 5.74) is 4.43. The predicted molar refractivity (Wildman–Crippen MR) is 150 cm³/mol. The van der Waals surface area contributed by atoms with Crippen LogP contribution in [0.2, 0.25) is 10.2 Å². The van der Waals surface area contributed by atoms with Crippen molar-refractivity contribution in [1.29, 1.82) is 0 Å². The lowest BCUT2D eigenvalue weighted by Crippen LogP contribution is -2.33. The summed E-state index contributed by atoms with van der Waals surface area (Å²) in [7, 11) is 0. The van der Waals surface area contributed by atoms with Crippen LogP contribution in [0.25, 0.3) is 0 Å². The molecule has 1 aliphatic heterocycles. The molecule has 3 heterocycles. The molecule has 37 heavy (non-hydrogen) atoms. The summed E-state index contributed by atoms with van der Waals surface area (Å²) >= 11 is 12.3. The molecule has 3 N–H and O–H groups in total. The van der Waals surface area contributed by atoms with Gasteiger partial charge in [0.15, 0.2) is 0 Å². The van der Waals surface area contributed by atoms with Gasteiger partial charge < -0.3 is 15.7 Å². The number of benzene rings is 1. The molecule has 3 aromatic rings. The fourth-order valence-electron chi connectivity index (χ4n) is 5.45. The molecule has 0 radical (unpaired) electrons. The van der Waals surface area contributed by atoms with Crippen LogP contribution in [0.5, 0.6) is 0 Å². The zero-order chi connectivity index (χ0) is 25.8. The van der Waals surface area contributed by atoms with Gasteiger partial charge >= 0.3 is 0 Å². The molecule has 0 unspecified atom stereocenters. The van der Waals surface area contributed by atoms with Crippen molar-refractivity contribution in [2.45, 2.75) is 70.1 Å². The van der Waals surface area contributed by atoms with E-state index in [0.717, 1.165) is 74.7 Å². The lowest BCUT2D eigenvalue weighted by Gasteiger charge is -2.33. The molecule has 0 atom stereocenters. The Kier molecular flexibility index (Phi) is 8.45. The first-order chi connectivity index (χ1) is 17.9. The number of aromatic nitrogens is 3. The number of aryl methyl sites for hydroxylation is 1. The second kappa shape index (κ2) is 11.9. The summed E-state index contributed by atoms with van der Waals surface area (Å²) in [6, 6.07) is 10.2. The van der Waals surface area contributed by atoms with Crippen molar-refractivity contribution in [3.05, 3.63) is 69.6 Å². The van der Waals surface area contributed by atoms with Crippen LogP contribution >= 0.6 is 23.2 Å². The fourth-order valence-corrected chi connectivity index (χ4v) is 5.94. The van der Waals surface area contributed by atoms with Crippen molar-refractivity contribution >= 4 is 40.7 Å². The number of hydrogen-bond acceptors (Lipinski definition) is 7. The van der Waals surface area contributed by atoms with Crippen molar-refractivity contribution in [3.63, 3.8) is 0 Å². The molecule has 2 aliphatic rings. The summed E-state index contributed by atoms with van der Waals surface area (Å²) in [4.78, 5) is 16.1. The zero-order valence-electron chi connectivity index (χ0n) is 21.1. The van der Waals surface area contributed by atoms with Gasteiger partial charge in [-0.25, -0.2) is 9.97 Å². The molecule has 7 nitrogen and oxygen atoms in total. The van der Waals surface area contributed by atoms with Crippen LogP contribution in [0.15, 0.2) is 42.7 Å². The molecule has 9 heteroatoms. The first-order valence-electron chi connectivity index (χ1n) is 13.1. The van der Waals surface area contributed by atoms with E-state index in [9.17, 15) is 5.11 Å². The number of anilines is 3. The van der Waals surface area contributed by atoms with E-state index in [4.69, 9.17) is 28.2 Å². The summed E-state index contributed by atoms with van der Waals surface area (Å²) in [5, 5.41) is 18.1. The number of nitrogens with one attached hydrogen (secondary N) is 2. The van der Waals surface area contributed by atoms with Crippen molar-refractivity contribution in [1.82, 2.24) is 19.9 Å². The van der Waals surface area contributed by atoms with Crippen LogP contribution in [0.1, 0.15) is 61.1 Å². The van der Waals surface area contributed by atoms with Gasteiger partial charge in [-0.1, -0.05) is 29.3 Å². The molecule has 1 saturated carbocycles. The summed E-state index contributed by atoms with van der Waals surface area (Å²) in [5.74, 6) is 1.81. The van der Waals surface area contributed by atoms with Gasteiger partial charge in [0.2, 0.25) is 5.95 Å². The van der Waals surface area contributed by atoms with E-state index in [1.807, 2.05) is 18.3 Å². The maximum absolute atomic E-state index is 9.95. The Morgan fingerprint density at radius 3 is 2.51 bits per heavy atom. The molecule has 1 aliphatic carbocycles. The van der Waals surface area contributed by atoms with Crippen LogP contribution in [0.4, 0.5) is 17.5 Å². The van der Waals surface area contributed by atoms with Crippen LogP contribution < -0.4 is 10.6 Å². The van der Waals surface area contributed by atoms with E-state index in [-0.39, 0.29) is 6.10 Å². The minimum absolute atomic E-state index is 0.191. The number of aliphatic hydroxyl groups is 1. The second-order valence-electron chi connectivity index (χ2n) is 10.3. The number of nitrogens with zero attached hydrogens (tertiary/aromatic N) is 4. The lowest BCUT2D eigenvalue weighted by atomic mass is 9.89. The SMILES string of the molecule is Cc1cc(Cl)cc(CN2CCC(c3cnc(Nc4ccnc(Cl)c4)nc3NC3CCC(O)CC3)CC2)c1. The monoisotopic (exact) mass is 540 g/mol. The van der Waals surface area contributed by atoms with E-state index in [2.05, 4.69) is 44.6 Å². The van der Waals surface area contributed by atoms with Gasteiger partial charge in [-0.3, -0.25) is 4.90 Å². The Balaban J connectivity index is 1.30. The Morgan fingerprint density at radius 1 is 1.00 bits per heavy atom. The van der Waals surface area contributed by atoms with Gasteiger partial charge in [-0.15, -0.1) is 0 Å². The molecule has 1 saturated heterocycles. The number of likely N-dealkylation sites (tertiary alicyclic amines) is 1. The molecule has 2 fully saturated rings. The largest absolute Gasteiger partial charge is 0.393 e. The quantitative estimate of drug-likeness (QED) is 0.302.